The first-order valence-electron chi connectivity index (χ1n) is 6.90. The summed E-state index contributed by atoms with van der Waals surface area (Å²) in [6.45, 7) is 1.65. The number of aliphatic hydroxyl groups is 1. The van der Waals surface area contributed by atoms with Crippen LogP contribution in [0.1, 0.15) is 12.0 Å². The lowest BCUT2D eigenvalue weighted by Gasteiger charge is -2.21. The third-order valence-corrected chi connectivity index (χ3v) is 3.87. The Morgan fingerprint density at radius 3 is 3.19 bits per heavy atom. The third-order valence-electron chi connectivity index (χ3n) is 3.58. The molecule has 1 saturated heterocycles. The van der Waals surface area contributed by atoms with E-state index in [1.165, 1.54) is 0 Å². The maximum absolute atomic E-state index is 9.41. The predicted molar refractivity (Wildman–Crippen MR) is 81.7 cm³/mol. The van der Waals surface area contributed by atoms with E-state index < -0.39 is 0 Å². The van der Waals surface area contributed by atoms with Crippen molar-refractivity contribution in [2.24, 2.45) is 0 Å². The Labute approximate surface area is 128 Å². The second-order valence-electron chi connectivity index (χ2n) is 4.98. The molecule has 1 radical (unpaired) electrons. The van der Waals surface area contributed by atoms with Crippen LogP contribution in [-0.4, -0.2) is 29.3 Å². The van der Waals surface area contributed by atoms with Crippen molar-refractivity contribution in [3.05, 3.63) is 53.2 Å². The summed E-state index contributed by atoms with van der Waals surface area (Å²) in [7, 11) is 0. The number of hydrogen-bond acceptors (Lipinski definition) is 4. The number of aromatic nitrogens is 1. The summed E-state index contributed by atoms with van der Waals surface area (Å²) in [4.78, 5) is 6.36. The number of aliphatic hydroxyl groups excluding tert-OH is 1. The van der Waals surface area contributed by atoms with E-state index in [-0.39, 0.29) is 12.7 Å². The van der Waals surface area contributed by atoms with Crippen LogP contribution in [0.2, 0.25) is 5.02 Å². The monoisotopic (exact) mass is 303 g/mol. The number of nitrogens with zero attached hydrogens (tertiary/aromatic N) is 2. The number of rotatable bonds is 4. The van der Waals surface area contributed by atoms with Crippen LogP contribution in [0.4, 0.5) is 5.69 Å². The van der Waals surface area contributed by atoms with Gasteiger partial charge >= 0.3 is 0 Å². The predicted octanol–water partition coefficient (Wildman–Crippen LogP) is 2.69. The molecule has 1 N–H and O–H groups in total. The summed E-state index contributed by atoms with van der Waals surface area (Å²) in [5.41, 5.74) is 1.92. The van der Waals surface area contributed by atoms with Crippen LogP contribution >= 0.6 is 11.6 Å². The molecule has 1 fully saturated rings. The van der Waals surface area contributed by atoms with E-state index in [0.717, 1.165) is 30.8 Å². The van der Waals surface area contributed by atoms with Gasteiger partial charge in [-0.2, -0.15) is 0 Å². The number of benzene rings is 1. The zero-order chi connectivity index (χ0) is 14.7. The molecule has 0 aliphatic carbocycles. The summed E-state index contributed by atoms with van der Waals surface area (Å²) >= 11 is 6.07. The lowest BCUT2D eigenvalue weighted by molar-refractivity contribution is 0.216. The highest BCUT2D eigenvalue weighted by molar-refractivity contribution is 6.31. The van der Waals surface area contributed by atoms with Crippen LogP contribution in [-0.2, 0) is 6.61 Å². The van der Waals surface area contributed by atoms with Crippen LogP contribution in [0.3, 0.4) is 0 Å². The average Bonchev–Trinajstić information content (AvgIpc) is 2.98. The summed E-state index contributed by atoms with van der Waals surface area (Å²) in [6, 6.07) is 12.2. The quantitative estimate of drug-likeness (QED) is 0.943. The maximum Gasteiger partial charge on any atom is 0.232 e. The number of halogens is 1. The van der Waals surface area contributed by atoms with Gasteiger partial charge in [-0.15, -0.1) is 0 Å². The van der Waals surface area contributed by atoms with E-state index in [1.807, 2.05) is 18.2 Å². The molecule has 5 heteroatoms. The first-order chi connectivity index (χ1) is 10.3. The summed E-state index contributed by atoms with van der Waals surface area (Å²) < 4.78 is 5.88. The Hall–Kier alpha value is -1.78. The van der Waals surface area contributed by atoms with Crippen molar-refractivity contribution in [3.8, 4) is 5.88 Å². The molecule has 2 aromatic rings. The van der Waals surface area contributed by atoms with Gasteiger partial charge in [0, 0.05) is 30.4 Å². The van der Waals surface area contributed by atoms with Crippen molar-refractivity contribution in [2.45, 2.75) is 19.1 Å². The second-order valence-corrected chi connectivity index (χ2v) is 5.39. The lowest BCUT2D eigenvalue weighted by atomic mass is 10.2. The Balaban J connectivity index is 1.70. The van der Waals surface area contributed by atoms with Crippen molar-refractivity contribution >= 4 is 17.3 Å². The Morgan fingerprint density at radius 1 is 1.48 bits per heavy atom. The zero-order valence-electron chi connectivity index (χ0n) is 11.5. The fourth-order valence-corrected chi connectivity index (χ4v) is 2.72. The molecule has 0 bridgehead atoms. The summed E-state index contributed by atoms with van der Waals surface area (Å²) in [6.07, 6.45) is 2.62. The molecule has 0 saturated carbocycles. The highest BCUT2D eigenvalue weighted by Gasteiger charge is 2.26. The van der Waals surface area contributed by atoms with Gasteiger partial charge in [0.2, 0.25) is 5.88 Å². The van der Waals surface area contributed by atoms with Gasteiger partial charge in [0.15, 0.2) is 0 Å². The summed E-state index contributed by atoms with van der Waals surface area (Å²) in [5, 5.41) is 9.94. The molecule has 0 unspecified atom stereocenters. The Morgan fingerprint density at radius 2 is 2.38 bits per heavy atom. The molecule has 21 heavy (non-hydrogen) atoms. The molecule has 109 valence electrons. The van der Waals surface area contributed by atoms with Crippen LogP contribution < -0.4 is 9.64 Å². The van der Waals surface area contributed by atoms with Crippen molar-refractivity contribution in [3.63, 3.8) is 0 Å². The zero-order valence-corrected chi connectivity index (χ0v) is 12.3. The topological polar surface area (TPSA) is 45.6 Å². The molecule has 3 rings (SSSR count). The molecular formula is C16H16ClN2O2. The van der Waals surface area contributed by atoms with Crippen LogP contribution in [0.15, 0.2) is 36.5 Å². The Bertz CT molecular complexity index is 621. The molecule has 2 heterocycles. The van der Waals surface area contributed by atoms with Crippen molar-refractivity contribution in [1.82, 2.24) is 4.98 Å². The number of hydrogen-bond donors (Lipinski definition) is 1. The normalized spacial score (nSPS) is 18.0. The fourth-order valence-electron chi connectivity index (χ4n) is 2.55. The van der Waals surface area contributed by atoms with E-state index in [0.29, 0.717) is 10.9 Å². The molecule has 1 aromatic heterocycles. The second kappa shape index (κ2) is 6.33. The van der Waals surface area contributed by atoms with Gasteiger partial charge in [-0.3, -0.25) is 0 Å². The third kappa shape index (κ3) is 3.12. The van der Waals surface area contributed by atoms with Crippen LogP contribution in [0.25, 0.3) is 0 Å². The average molecular weight is 304 g/mol. The molecule has 0 spiro atoms. The van der Waals surface area contributed by atoms with Crippen LogP contribution in [0.5, 0.6) is 5.88 Å². The first kappa shape index (κ1) is 14.2. The minimum Gasteiger partial charge on any atom is -0.471 e. The van der Waals surface area contributed by atoms with E-state index in [2.05, 4.69) is 16.0 Å². The number of pyridine rings is 1. The highest BCUT2D eigenvalue weighted by atomic mass is 35.5. The van der Waals surface area contributed by atoms with Gasteiger partial charge in [-0.25, -0.2) is 4.98 Å². The standard InChI is InChI=1S/C16H16ClN2O2/c17-14-5-3-8-18-16(14)21-13-7-9-19(10-13)15-6-2-1-4-12(15)11-20/h2-6,8,13,20H,7,9-11H2/t13-/m0/s1. The molecule has 0 amide bonds. The first-order valence-corrected chi connectivity index (χ1v) is 7.27. The van der Waals surface area contributed by atoms with Crippen molar-refractivity contribution in [1.29, 1.82) is 0 Å². The van der Waals surface area contributed by atoms with E-state index >= 15 is 0 Å². The van der Waals surface area contributed by atoms with Gasteiger partial charge in [0.1, 0.15) is 11.1 Å². The van der Waals surface area contributed by atoms with Gasteiger partial charge in [0.05, 0.1) is 13.2 Å². The molecule has 1 aliphatic rings. The molecular weight excluding hydrogens is 288 g/mol. The van der Waals surface area contributed by atoms with Crippen molar-refractivity contribution < 1.29 is 9.84 Å². The minimum absolute atomic E-state index is 0.0146. The van der Waals surface area contributed by atoms with Gasteiger partial charge in [-0.05, 0) is 30.3 Å². The van der Waals surface area contributed by atoms with E-state index in [1.54, 1.807) is 18.3 Å². The smallest absolute Gasteiger partial charge is 0.232 e. The van der Waals surface area contributed by atoms with Gasteiger partial charge < -0.3 is 14.7 Å². The SMILES string of the molecule is OCc1c[c]ccc1N1CC[C@H](Oc2ncccc2Cl)C1. The lowest BCUT2D eigenvalue weighted by Crippen LogP contribution is -2.25. The fraction of sp³-hybridized carbons (Fsp3) is 0.312. The van der Waals surface area contributed by atoms with Crippen LogP contribution in [0, 0.1) is 6.07 Å². The minimum atomic E-state index is 0.0146. The van der Waals surface area contributed by atoms with Gasteiger partial charge in [-0.1, -0.05) is 17.7 Å². The van der Waals surface area contributed by atoms with E-state index in [4.69, 9.17) is 16.3 Å². The molecule has 4 nitrogen and oxygen atoms in total. The molecule has 1 aliphatic heterocycles. The largest absolute Gasteiger partial charge is 0.471 e. The molecule has 1 aromatic carbocycles. The van der Waals surface area contributed by atoms with E-state index in [9.17, 15) is 5.11 Å². The maximum atomic E-state index is 9.41. The number of ether oxygens (including phenoxy) is 1. The molecule has 1 atom stereocenters. The Kier molecular flexibility index (Phi) is 4.27. The van der Waals surface area contributed by atoms with Crippen molar-refractivity contribution in [2.75, 3.05) is 18.0 Å². The summed E-state index contributed by atoms with van der Waals surface area (Å²) in [5.74, 6) is 0.481. The highest BCUT2D eigenvalue weighted by Crippen LogP contribution is 2.28. The van der Waals surface area contributed by atoms with Gasteiger partial charge in [0.25, 0.3) is 0 Å². The number of anilines is 1.